The van der Waals surface area contributed by atoms with Crippen LogP contribution in [0.15, 0.2) is 41.6 Å². The van der Waals surface area contributed by atoms with Crippen LogP contribution in [0, 0.1) is 5.92 Å². The van der Waals surface area contributed by atoms with E-state index >= 15 is 0 Å². The number of ether oxygens (including phenoxy) is 2. The van der Waals surface area contributed by atoms with Crippen molar-refractivity contribution in [1.82, 2.24) is 5.32 Å². The van der Waals surface area contributed by atoms with Crippen molar-refractivity contribution in [1.29, 1.82) is 0 Å². The second-order valence-electron chi connectivity index (χ2n) is 9.98. The molecule has 0 aromatic heterocycles. The number of alkyl halides is 3. The molecule has 2 aromatic rings. The van der Waals surface area contributed by atoms with E-state index in [1.807, 2.05) is 19.1 Å². The molecule has 1 N–H and O–H groups in total. The average Bonchev–Trinajstić information content (AvgIpc) is 3.74. The molecule has 0 spiro atoms. The lowest BCUT2D eigenvalue weighted by Gasteiger charge is -2.28. The highest BCUT2D eigenvalue weighted by atomic mass is 19.4. The number of hydrogen-bond acceptors (Lipinski definition) is 6. The Hall–Kier alpha value is -3.07. The second kappa shape index (κ2) is 12.7. The van der Waals surface area contributed by atoms with E-state index in [1.165, 1.54) is 24.3 Å². The molecule has 0 heterocycles. The summed E-state index contributed by atoms with van der Waals surface area (Å²) in [6, 6.07) is 10.3. The molecule has 4 rings (SSSR count). The Morgan fingerprint density at radius 3 is 2.71 bits per heavy atom. The van der Waals surface area contributed by atoms with Gasteiger partial charge in [0.2, 0.25) is 0 Å². The molecule has 0 aliphatic heterocycles. The van der Waals surface area contributed by atoms with Gasteiger partial charge in [0.15, 0.2) is 0 Å². The maximum Gasteiger partial charge on any atom is 0.419 e. The number of rotatable bonds is 12. The Balaban J connectivity index is 1.40. The second-order valence-corrected chi connectivity index (χ2v) is 9.98. The fourth-order valence-electron chi connectivity index (χ4n) is 4.77. The van der Waals surface area contributed by atoms with E-state index in [4.69, 9.17) is 14.3 Å². The van der Waals surface area contributed by atoms with Crippen LogP contribution < -0.4 is 10.1 Å². The van der Waals surface area contributed by atoms with Gasteiger partial charge in [-0.1, -0.05) is 29.4 Å². The van der Waals surface area contributed by atoms with Crippen LogP contribution >= 0.6 is 0 Å². The van der Waals surface area contributed by atoms with Gasteiger partial charge >= 0.3 is 12.1 Å². The molecule has 9 heteroatoms. The molecule has 0 amide bonds. The van der Waals surface area contributed by atoms with Crippen molar-refractivity contribution in [3.05, 3.63) is 64.2 Å². The largest absolute Gasteiger partial charge is 0.493 e. The van der Waals surface area contributed by atoms with Gasteiger partial charge in [-0.05, 0) is 86.7 Å². The summed E-state index contributed by atoms with van der Waals surface area (Å²) < 4.78 is 51.0. The number of nitrogens with zero attached hydrogens (tertiary/aromatic N) is 1. The van der Waals surface area contributed by atoms with E-state index in [-0.39, 0.29) is 24.4 Å². The first-order valence-electron chi connectivity index (χ1n) is 13.2. The average molecular weight is 533 g/mol. The molecule has 206 valence electrons. The number of esters is 1. The highest BCUT2D eigenvalue weighted by Crippen LogP contribution is 2.38. The van der Waals surface area contributed by atoms with E-state index in [0.29, 0.717) is 43.2 Å². The molecular formula is C29H35F3N2O4. The van der Waals surface area contributed by atoms with Gasteiger partial charge < -0.3 is 19.6 Å². The number of fused-ring (bicyclic) bond motifs is 1. The maximum atomic E-state index is 13.6. The van der Waals surface area contributed by atoms with Crippen LogP contribution in [0.3, 0.4) is 0 Å². The molecule has 2 aliphatic carbocycles. The summed E-state index contributed by atoms with van der Waals surface area (Å²) in [5, 5.41) is 7.79. The summed E-state index contributed by atoms with van der Waals surface area (Å²) >= 11 is 0. The summed E-state index contributed by atoms with van der Waals surface area (Å²) in [6.07, 6.45) is 1.51. The van der Waals surface area contributed by atoms with E-state index < -0.39 is 11.7 Å². The third kappa shape index (κ3) is 7.49. The van der Waals surface area contributed by atoms with Gasteiger partial charge in [-0.25, -0.2) is 0 Å². The Morgan fingerprint density at radius 1 is 1.16 bits per heavy atom. The molecule has 0 saturated heterocycles. The lowest BCUT2D eigenvalue weighted by atomic mass is 9.84. The van der Waals surface area contributed by atoms with Gasteiger partial charge in [-0.3, -0.25) is 4.79 Å². The lowest BCUT2D eigenvalue weighted by Crippen LogP contribution is -2.27. The third-order valence-corrected chi connectivity index (χ3v) is 7.03. The van der Waals surface area contributed by atoms with Gasteiger partial charge in [0, 0.05) is 18.0 Å². The van der Waals surface area contributed by atoms with Crippen molar-refractivity contribution in [3.63, 3.8) is 0 Å². The number of methoxy groups -OCH3 is 1. The van der Waals surface area contributed by atoms with E-state index in [9.17, 15) is 18.0 Å². The van der Waals surface area contributed by atoms with Gasteiger partial charge in [-0.2, -0.15) is 13.2 Å². The predicted molar refractivity (Wildman–Crippen MR) is 138 cm³/mol. The summed E-state index contributed by atoms with van der Waals surface area (Å²) in [7, 11) is 1.39. The first kappa shape index (κ1) is 28.0. The molecule has 1 unspecified atom stereocenters. The number of benzene rings is 2. The Labute approximate surface area is 221 Å². The standard InChI is InChI=1S/C29H35F3N2O4/c1-19(22-6-3-8-24-23(22)7-4-9-26(24)33-15-5-10-28(35)36-2)34-38-18-21-13-14-27(37-17-20-11-12-20)25(16-21)29(30,31)32/h3,6,8,13-14,16,20,26,33H,4-5,7,9-12,15,17-18H2,1-2H3/b34-19+. The van der Waals surface area contributed by atoms with Gasteiger partial charge in [0.1, 0.15) is 12.4 Å². The lowest BCUT2D eigenvalue weighted by molar-refractivity contribution is -0.141. The van der Waals surface area contributed by atoms with Crippen LogP contribution in [0.2, 0.25) is 0 Å². The van der Waals surface area contributed by atoms with Crippen molar-refractivity contribution in [2.75, 3.05) is 20.3 Å². The number of carbonyl (C=O) groups is 1. The molecule has 2 aliphatic rings. The fraction of sp³-hybridized carbons (Fsp3) is 0.517. The fourth-order valence-corrected chi connectivity index (χ4v) is 4.77. The first-order chi connectivity index (χ1) is 18.3. The molecule has 1 saturated carbocycles. The molecule has 0 radical (unpaired) electrons. The summed E-state index contributed by atoms with van der Waals surface area (Å²) in [5.41, 5.74) is 3.64. The van der Waals surface area contributed by atoms with Crippen LogP contribution in [-0.4, -0.2) is 31.9 Å². The molecule has 1 fully saturated rings. The predicted octanol–water partition coefficient (Wildman–Crippen LogP) is 6.36. The van der Waals surface area contributed by atoms with E-state index in [0.717, 1.165) is 43.7 Å². The van der Waals surface area contributed by atoms with Gasteiger partial charge in [0.25, 0.3) is 0 Å². The van der Waals surface area contributed by atoms with Crippen molar-refractivity contribution >= 4 is 11.7 Å². The topological polar surface area (TPSA) is 69.2 Å². The smallest absolute Gasteiger partial charge is 0.419 e. The third-order valence-electron chi connectivity index (χ3n) is 7.03. The Morgan fingerprint density at radius 2 is 1.97 bits per heavy atom. The summed E-state index contributed by atoms with van der Waals surface area (Å²) in [6.45, 7) is 2.79. The number of halogens is 3. The van der Waals surface area contributed by atoms with Gasteiger partial charge in [0.05, 0.1) is 25.0 Å². The number of nitrogens with one attached hydrogen (secondary N) is 1. The molecular weight excluding hydrogens is 497 g/mol. The highest BCUT2D eigenvalue weighted by Gasteiger charge is 2.35. The minimum Gasteiger partial charge on any atom is -0.493 e. The number of oxime groups is 1. The van der Waals surface area contributed by atoms with Crippen molar-refractivity contribution in [3.8, 4) is 5.75 Å². The zero-order valence-electron chi connectivity index (χ0n) is 21.9. The zero-order chi connectivity index (χ0) is 27.1. The van der Waals surface area contributed by atoms with Crippen molar-refractivity contribution in [2.24, 2.45) is 11.1 Å². The molecule has 0 bridgehead atoms. The number of carbonyl (C=O) groups excluding carboxylic acids is 1. The molecule has 6 nitrogen and oxygen atoms in total. The van der Waals surface area contributed by atoms with Gasteiger partial charge in [-0.15, -0.1) is 0 Å². The van der Waals surface area contributed by atoms with Crippen LogP contribution in [0.5, 0.6) is 5.75 Å². The molecule has 1 atom stereocenters. The molecule has 2 aromatic carbocycles. The monoisotopic (exact) mass is 532 g/mol. The van der Waals surface area contributed by atoms with Crippen LogP contribution in [0.4, 0.5) is 13.2 Å². The van der Waals surface area contributed by atoms with E-state index in [2.05, 4.69) is 16.5 Å². The quantitative estimate of drug-likeness (QED) is 0.149. The highest BCUT2D eigenvalue weighted by molar-refractivity contribution is 6.00. The van der Waals surface area contributed by atoms with Crippen LogP contribution in [0.1, 0.15) is 79.3 Å². The zero-order valence-corrected chi connectivity index (χ0v) is 21.9. The number of hydrogen-bond donors (Lipinski definition) is 1. The normalized spacial score (nSPS) is 17.6. The Bertz CT molecular complexity index is 1150. The first-order valence-corrected chi connectivity index (χ1v) is 13.2. The SMILES string of the molecule is COC(=O)CCCNC1CCCc2c(/C(C)=N/OCc3ccc(OCC4CC4)c(C(F)(F)F)c3)cccc21. The Kier molecular flexibility index (Phi) is 9.31. The van der Waals surface area contributed by atoms with Crippen LogP contribution in [0.25, 0.3) is 0 Å². The maximum absolute atomic E-state index is 13.6. The van der Waals surface area contributed by atoms with E-state index in [1.54, 1.807) is 6.07 Å². The summed E-state index contributed by atoms with van der Waals surface area (Å²) in [5.74, 6) is 0.00687. The van der Waals surface area contributed by atoms with Crippen molar-refractivity contribution < 1.29 is 32.3 Å². The van der Waals surface area contributed by atoms with Crippen LogP contribution in [-0.2, 0) is 33.6 Å². The minimum atomic E-state index is -4.51. The summed E-state index contributed by atoms with van der Waals surface area (Å²) in [4.78, 5) is 16.9. The molecule has 38 heavy (non-hydrogen) atoms. The minimum absolute atomic E-state index is 0.0806. The van der Waals surface area contributed by atoms with Crippen molar-refractivity contribution in [2.45, 2.75) is 70.7 Å².